The second kappa shape index (κ2) is 5.14. The Hall–Kier alpha value is -1.95. The van der Waals surface area contributed by atoms with Crippen LogP contribution in [-0.4, -0.2) is 21.0 Å². The van der Waals surface area contributed by atoms with Crippen molar-refractivity contribution < 1.29 is 14.3 Å². The van der Waals surface area contributed by atoms with Gasteiger partial charge in [-0.2, -0.15) is 0 Å². The largest absolute Gasteiger partial charge is 0.478 e. The molecule has 0 aliphatic carbocycles. The summed E-state index contributed by atoms with van der Waals surface area (Å²) in [7, 11) is 0. The van der Waals surface area contributed by atoms with Crippen LogP contribution in [0.25, 0.3) is 0 Å². The second-order valence-corrected chi connectivity index (χ2v) is 4.60. The minimum Gasteiger partial charge on any atom is -0.478 e. The fourth-order valence-electron chi connectivity index (χ4n) is 1.29. The molecule has 0 fully saturated rings. The van der Waals surface area contributed by atoms with E-state index in [9.17, 15) is 9.18 Å². The molecule has 0 amide bonds. The van der Waals surface area contributed by atoms with E-state index in [1.807, 2.05) is 6.92 Å². The number of carboxylic acid groups (broad SMARTS) is 1. The van der Waals surface area contributed by atoms with E-state index < -0.39 is 11.8 Å². The van der Waals surface area contributed by atoms with Gasteiger partial charge in [0.2, 0.25) is 0 Å². The number of aromatic carboxylic acids is 1. The fraction of sp³-hybridized carbons (Fsp3) is 0.0833. The molecular weight excluding hydrogens is 255 g/mol. The maximum absolute atomic E-state index is 13.0. The summed E-state index contributed by atoms with van der Waals surface area (Å²) in [5.74, 6) is -1.76. The van der Waals surface area contributed by atoms with E-state index in [1.54, 1.807) is 12.4 Å². The first-order valence-corrected chi connectivity index (χ1v) is 5.87. The molecule has 18 heavy (non-hydrogen) atoms. The van der Waals surface area contributed by atoms with Crippen molar-refractivity contribution in [2.24, 2.45) is 0 Å². The molecule has 0 saturated heterocycles. The van der Waals surface area contributed by atoms with Crippen molar-refractivity contribution in [1.82, 2.24) is 9.97 Å². The zero-order valence-corrected chi connectivity index (χ0v) is 10.2. The van der Waals surface area contributed by atoms with Crippen molar-refractivity contribution >= 4 is 17.7 Å². The Kier molecular flexibility index (Phi) is 3.57. The number of carbonyl (C=O) groups is 1. The maximum Gasteiger partial charge on any atom is 0.336 e. The van der Waals surface area contributed by atoms with E-state index in [2.05, 4.69) is 9.97 Å². The molecule has 0 aliphatic rings. The molecule has 0 spiro atoms. The zero-order chi connectivity index (χ0) is 13.1. The summed E-state index contributed by atoms with van der Waals surface area (Å²) in [6, 6.07) is 3.61. The molecule has 1 N–H and O–H groups in total. The van der Waals surface area contributed by atoms with Crippen LogP contribution in [-0.2, 0) is 0 Å². The highest BCUT2D eigenvalue weighted by atomic mass is 32.2. The normalized spacial score (nSPS) is 10.3. The summed E-state index contributed by atoms with van der Waals surface area (Å²) in [5, 5.41) is 9.42. The summed E-state index contributed by atoms with van der Waals surface area (Å²) in [6.07, 6.45) is 3.28. The van der Waals surface area contributed by atoms with Crippen LogP contribution in [0.2, 0.25) is 0 Å². The third-order valence-electron chi connectivity index (χ3n) is 2.13. The Labute approximate surface area is 107 Å². The molecule has 0 atom stereocenters. The van der Waals surface area contributed by atoms with Gasteiger partial charge in [-0.15, -0.1) is 0 Å². The van der Waals surface area contributed by atoms with Gasteiger partial charge in [0.1, 0.15) is 5.82 Å². The molecule has 4 nitrogen and oxygen atoms in total. The highest BCUT2D eigenvalue weighted by Gasteiger charge is 2.13. The number of aromatic nitrogens is 2. The molecule has 2 rings (SSSR count). The van der Waals surface area contributed by atoms with Crippen molar-refractivity contribution in [3.05, 3.63) is 47.5 Å². The topological polar surface area (TPSA) is 63.1 Å². The Morgan fingerprint density at radius 1 is 1.33 bits per heavy atom. The second-order valence-electron chi connectivity index (χ2n) is 3.59. The lowest BCUT2D eigenvalue weighted by Gasteiger charge is -2.04. The van der Waals surface area contributed by atoms with Gasteiger partial charge in [0.25, 0.3) is 0 Å². The van der Waals surface area contributed by atoms with E-state index in [-0.39, 0.29) is 5.56 Å². The summed E-state index contributed by atoms with van der Waals surface area (Å²) in [6.45, 7) is 1.86. The van der Waals surface area contributed by atoms with Crippen LogP contribution in [0.4, 0.5) is 4.39 Å². The Bertz CT molecular complexity index is 587. The summed E-state index contributed by atoms with van der Waals surface area (Å²) >= 11 is 1.09. The van der Waals surface area contributed by atoms with Gasteiger partial charge in [0, 0.05) is 17.3 Å². The molecule has 1 aromatic heterocycles. The summed E-state index contributed by atoms with van der Waals surface area (Å²) in [5.41, 5.74) is 0.820. The molecule has 1 aromatic carbocycles. The molecule has 0 radical (unpaired) electrons. The quantitative estimate of drug-likeness (QED) is 0.864. The average molecular weight is 264 g/mol. The number of hydrogen-bond acceptors (Lipinski definition) is 4. The van der Waals surface area contributed by atoms with Crippen LogP contribution in [0.5, 0.6) is 0 Å². The van der Waals surface area contributed by atoms with Crippen molar-refractivity contribution in [1.29, 1.82) is 0 Å². The third-order valence-corrected chi connectivity index (χ3v) is 3.10. The number of rotatable bonds is 3. The monoisotopic (exact) mass is 264 g/mol. The minimum atomic E-state index is -1.18. The highest BCUT2D eigenvalue weighted by molar-refractivity contribution is 7.99. The molecule has 6 heteroatoms. The summed E-state index contributed by atoms with van der Waals surface area (Å²) < 4.78 is 13.0. The SMILES string of the molecule is Cc1cnc(Sc2ccc(F)cc2C(=O)O)nc1. The van der Waals surface area contributed by atoms with Gasteiger partial charge in [-0.1, -0.05) is 0 Å². The first-order valence-electron chi connectivity index (χ1n) is 5.05. The molecule has 2 aromatic rings. The highest BCUT2D eigenvalue weighted by Crippen LogP contribution is 2.28. The Balaban J connectivity index is 2.34. The molecule has 0 unspecified atom stereocenters. The van der Waals surface area contributed by atoms with Crippen LogP contribution in [0.15, 0.2) is 40.6 Å². The Morgan fingerprint density at radius 3 is 2.61 bits per heavy atom. The minimum absolute atomic E-state index is 0.0934. The number of halogens is 1. The van der Waals surface area contributed by atoms with Crippen molar-refractivity contribution in [3.63, 3.8) is 0 Å². The van der Waals surface area contributed by atoms with E-state index in [1.165, 1.54) is 12.1 Å². The van der Waals surface area contributed by atoms with Crippen LogP contribution >= 0.6 is 11.8 Å². The molecule has 1 heterocycles. The Morgan fingerprint density at radius 2 is 2.00 bits per heavy atom. The van der Waals surface area contributed by atoms with Crippen molar-refractivity contribution in [2.75, 3.05) is 0 Å². The lowest BCUT2D eigenvalue weighted by atomic mass is 10.2. The van der Waals surface area contributed by atoms with Gasteiger partial charge < -0.3 is 5.11 Å². The standard InChI is InChI=1S/C12H9FN2O2S/c1-7-5-14-12(15-6-7)18-10-3-2-8(13)4-9(10)11(16)17/h2-6H,1H3,(H,16,17). The maximum atomic E-state index is 13.0. The predicted molar refractivity (Wildman–Crippen MR) is 64.3 cm³/mol. The summed E-state index contributed by atoms with van der Waals surface area (Å²) in [4.78, 5) is 19.5. The predicted octanol–water partition coefficient (Wildman–Crippen LogP) is 2.77. The van der Waals surface area contributed by atoms with Crippen LogP contribution in [0.1, 0.15) is 15.9 Å². The van der Waals surface area contributed by atoms with Gasteiger partial charge in [0.15, 0.2) is 5.16 Å². The van der Waals surface area contributed by atoms with Crippen LogP contribution in [0, 0.1) is 12.7 Å². The van der Waals surface area contributed by atoms with E-state index in [4.69, 9.17) is 5.11 Å². The van der Waals surface area contributed by atoms with Gasteiger partial charge in [-0.3, -0.25) is 0 Å². The lowest BCUT2D eigenvalue weighted by molar-refractivity contribution is 0.0692. The van der Waals surface area contributed by atoms with E-state index in [0.717, 1.165) is 23.4 Å². The number of hydrogen-bond donors (Lipinski definition) is 1. The number of benzene rings is 1. The van der Waals surface area contributed by atoms with E-state index in [0.29, 0.717) is 10.1 Å². The van der Waals surface area contributed by atoms with Gasteiger partial charge in [-0.05, 0) is 42.4 Å². The fourth-order valence-corrected chi connectivity index (χ4v) is 2.09. The molecule has 92 valence electrons. The van der Waals surface area contributed by atoms with Crippen LogP contribution in [0.3, 0.4) is 0 Å². The van der Waals surface area contributed by atoms with Gasteiger partial charge in [-0.25, -0.2) is 19.2 Å². The van der Waals surface area contributed by atoms with Crippen molar-refractivity contribution in [3.8, 4) is 0 Å². The van der Waals surface area contributed by atoms with Crippen molar-refractivity contribution in [2.45, 2.75) is 17.0 Å². The zero-order valence-electron chi connectivity index (χ0n) is 9.42. The molecule has 0 bridgehead atoms. The third kappa shape index (κ3) is 2.84. The smallest absolute Gasteiger partial charge is 0.336 e. The lowest BCUT2D eigenvalue weighted by Crippen LogP contribution is -2.00. The average Bonchev–Trinajstić information content (AvgIpc) is 2.34. The molecule has 0 saturated carbocycles. The number of nitrogens with zero attached hydrogens (tertiary/aromatic N) is 2. The van der Waals surface area contributed by atoms with Crippen LogP contribution < -0.4 is 0 Å². The van der Waals surface area contributed by atoms with Gasteiger partial charge in [0.05, 0.1) is 5.56 Å². The molecule has 0 aliphatic heterocycles. The first kappa shape index (κ1) is 12.5. The first-order chi connectivity index (χ1) is 8.56. The number of carboxylic acids is 1. The molecular formula is C12H9FN2O2S. The number of aryl methyl sites for hydroxylation is 1. The van der Waals surface area contributed by atoms with E-state index >= 15 is 0 Å². The van der Waals surface area contributed by atoms with Gasteiger partial charge >= 0.3 is 5.97 Å².